The molecule has 5 N–H and O–H groups in total. The minimum atomic E-state index is -1.48. The van der Waals surface area contributed by atoms with Crippen molar-refractivity contribution in [1.82, 2.24) is 0 Å². The molecule has 0 saturated heterocycles. The Bertz CT molecular complexity index is 103. The van der Waals surface area contributed by atoms with Gasteiger partial charge in [0.05, 0.1) is 12.2 Å². The first-order chi connectivity index (χ1) is 5.46. The third kappa shape index (κ3) is 1.34. The highest BCUT2D eigenvalue weighted by atomic mass is 16.4. The zero-order valence-electron chi connectivity index (χ0n) is 6.70. The van der Waals surface area contributed by atoms with Gasteiger partial charge in [-0.3, -0.25) is 0 Å². The van der Waals surface area contributed by atoms with Gasteiger partial charge in [-0.05, 0) is 0 Å². The minimum Gasteiger partial charge on any atom is -0.390 e. The molecular weight excluding hydrogens is 164 g/mol. The lowest BCUT2D eigenvalue weighted by atomic mass is 9.80. The Morgan fingerprint density at radius 2 is 0.833 bits per heavy atom. The molecule has 12 heavy (non-hydrogen) atoms. The lowest BCUT2D eigenvalue weighted by Gasteiger charge is -2.40. The van der Waals surface area contributed by atoms with Crippen molar-refractivity contribution >= 4 is 0 Å². The summed E-state index contributed by atoms with van der Waals surface area (Å²) in [5.41, 5.74) is 0. The van der Waals surface area contributed by atoms with E-state index in [-0.39, 0.29) is 0 Å². The Kier molecular flexibility index (Phi) is 2.70. The normalized spacial score (nSPS) is 55.5. The van der Waals surface area contributed by atoms with E-state index in [0.29, 0.717) is 0 Å². The summed E-state index contributed by atoms with van der Waals surface area (Å²) in [6.45, 7) is 1.49. The summed E-state index contributed by atoms with van der Waals surface area (Å²) in [4.78, 5) is 0. The van der Waals surface area contributed by atoms with Gasteiger partial charge in [0.25, 0.3) is 0 Å². The Morgan fingerprint density at radius 1 is 0.583 bits per heavy atom. The zero-order valence-corrected chi connectivity index (χ0v) is 6.70. The summed E-state index contributed by atoms with van der Waals surface area (Å²) in [6, 6.07) is 0. The second kappa shape index (κ2) is 3.27. The van der Waals surface area contributed by atoms with Gasteiger partial charge in [-0.15, -0.1) is 0 Å². The second-order valence-electron chi connectivity index (χ2n) is 3.31. The molecule has 0 aromatic heterocycles. The first-order valence-corrected chi connectivity index (χ1v) is 3.87. The molecule has 1 fully saturated rings. The summed E-state index contributed by atoms with van der Waals surface area (Å²) < 4.78 is 0. The standard InChI is InChI=1S/C7H14O5/c1-2-3(8)5(10)7(12)6(11)4(2)9/h2-12H,1H3/t2?,3-,4+,5-,6-,7?/m0/s1. The summed E-state index contributed by atoms with van der Waals surface area (Å²) >= 11 is 0. The van der Waals surface area contributed by atoms with Gasteiger partial charge in [0.15, 0.2) is 0 Å². The smallest absolute Gasteiger partial charge is 0.111 e. The van der Waals surface area contributed by atoms with Gasteiger partial charge in [-0.1, -0.05) is 6.92 Å². The van der Waals surface area contributed by atoms with E-state index in [2.05, 4.69) is 0 Å². The monoisotopic (exact) mass is 178 g/mol. The van der Waals surface area contributed by atoms with Crippen molar-refractivity contribution in [1.29, 1.82) is 0 Å². The van der Waals surface area contributed by atoms with Crippen LogP contribution in [0.1, 0.15) is 6.92 Å². The fourth-order valence-electron chi connectivity index (χ4n) is 1.43. The van der Waals surface area contributed by atoms with Crippen molar-refractivity contribution < 1.29 is 25.5 Å². The molecule has 0 spiro atoms. The number of hydrogen-bond donors (Lipinski definition) is 5. The zero-order chi connectivity index (χ0) is 9.46. The molecule has 0 bridgehead atoms. The molecule has 5 heteroatoms. The number of rotatable bonds is 0. The van der Waals surface area contributed by atoms with Gasteiger partial charge in [0, 0.05) is 5.92 Å². The van der Waals surface area contributed by atoms with Crippen LogP contribution in [0.3, 0.4) is 0 Å². The maximum atomic E-state index is 9.22. The summed E-state index contributed by atoms with van der Waals surface area (Å²) in [5, 5.41) is 45.8. The average Bonchev–Trinajstić information content (AvgIpc) is 2.08. The van der Waals surface area contributed by atoms with Crippen LogP contribution in [0, 0.1) is 5.92 Å². The molecule has 0 aromatic rings. The van der Waals surface area contributed by atoms with E-state index in [4.69, 9.17) is 15.3 Å². The third-order valence-corrected chi connectivity index (χ3v) is 2.48. The van der Waals surface area contributed by atoms with Crippen LogP contribution in [-0.2, 0) is 0 Å². The Morgan fingerprint density at radius 3 is 1.17 bits per heavy atom. The lowest BCUT2D eigenvalue weighted by molar-refractivity contribution is -0.200. The molecular formula is C7H14O5. The predicted octanol–water partition coefficient (Wildman–Crippen LogP) is -2.56. The van der Waals surface area contributed by atoms with E-state index in [0.717, 1.165) is 0 Å². The molecule has 72 valence electrons. The van der Waals surface area contributed by atoms with Crippen LogP contribution in [0.5, 0.6) is 0 Å². The van der Waals surface area contributed by atoms with Crippen LogP contribution < -0.4 is 0 Å². The molecule has 0 aromatic carbocycles. The summed E-state index contributed by atoms with van der Waals surface area (Å²) in [5.74, 6) is -0.640. The highest BCUT2D eigenvalue weighted by Crippen LogP contribution is 2.25. The fraction of sp³-hybridized carbons (Fsp3) is 1.00. The highest BCUT2D eigenvalue weighted by molar-refractivity contribution is 4.96. The van der Waals surface area contributed by atoms with Gasteiger partial charge in [-0.2, -0.15) is 0 Å². The number of hydrogen-bond acceptors (Lipinski definition) is 5. The van der Waals surface area contributed by atoms with E-state index in [1.54, 1.807) is 0 Å². The molecule has 0 aliphatic heterocycles. The van der Waals surface area contributed by atoms with Crippen molar-refractivity contribution in [2.75, 3.05) is 0 Å². The summed E-state index contributed by atoms with van der Waals surface area (Å²) in [7, 11) is 0. The predicted molar refractivity (Wildman–Crippen MR) is 39.2 cm³/mol. The lowest BCUT2D eigenvalue weighted by Crippen LogP contribution is -2.60. The highest BCUT2D eigenvalue weighted by Gasteiger charge is 2.45. The van der Waals surface area contributed by atoms with Crippen LogP contribution >= 0.6 is 0 Å². The Balaban J connectivity index is 2.76. The Labute approximate surface area is 69.9 Å². The molecule has 2 unspecified atom stereocenters. The van der Waals surface area contributed by atoms with Crippen molar-refractivity contribution in [3.63, 3.8) is 0 Å². The van der Waals surface area contributed by atoms with E-state index < -0.39 is 36.4 Å². The fourth-order valence-corrected chi connectivity index (χ4v) is 1.43. The molecule has 6 atom stereocenters. The van der Waals surface area contributed by atoms with Crippen LogP contribution in [0.25, 0.3) is 0 Å². The average molecular weight is 178 g/mol. The molecule has 0 heterocycles. The molecule has 0 radical (unpaired) electrons. The van der Waals surface area contributed by atoms with Crippen LogP contribution in [-0.4, -0.2) is 56.1 Å². The molecule has 0 amide bonds. The number of aliphatic hydroxyl groups excluding tert-OH is 5. The van der Waals surface area contributed by atoms with Crippen LogP contribution in [0.15, 0.2) is 0 Å². The van der Waals surface area contributed by atoms with Crippen LogP contribution in [0.4, 0.5) is 0 Å². The van der Waals surface area contributed by atoms with Gasteiger partial charge < -0.3 is 25.5 Å². The molecule has 1 aliphatic carbocycles. The topological polar surface area (TPSA) is 101 Å². The van der Waals surface area contributed by atoms with Gasteiger partial charge in [-0.25, -0.2) is 0 Å². The van der Waals surface area contributed by atoms with Crippen molar-refractivity contribution in [2.45, 2.75) is 37.4 Å². The largest absolute Gasteiger partial charge is 0.390 e. The Hall–Kier alpha value is -0.200. The van der Waals surface area contributed by atoms with Gasteiger partial charge >= 0.3 is 0 Å². The van der Waals surface area contributed by atoms with Gasteiger partial charge in [0.1, 0.15) is 18.3 Å². The van der Waals surface area contributed by atoms with E-state index >= 15 is 0 Å². The van der Waals surface area contributed by atoms with Crippen molar-refractivity contribution in [3.8, 4) is 0 Å². The third-order valence-electron chi connectivity index (χ3n) is 2.48. The van der Waals surface area contributed by atoms with E-state index in [1.807, 2.05) is 0 Å². The quantitative estimate of drug-likeness (QED) is 0.281. The maximum absolute atomic E-state index is 9.22. The molecule has 1 rings (SSSR count). The molecule has 1 saturated carbocycles. The SMILES string of the molecule is CC1[C@@H](O)[C@H](O)C(O)[C@@H](O)[C@H]1O. The first kappa shape index (κ1) is 9.88. The van der Waals surface area contributed by atoms with E-state index in [1.165, 1.54) is 6.92 Å². The second-order valence-corrected chi connectivity index (χ2v) is 3.31. The first-order valence-electron chi connectivity index (χ1n) is 3.87. The van der Waals surface area contributed by atoms with Crippen LogP contribution in [0.2, 0.25) is 0 Å². The van der Waals surface area contributed by atoms with Crippen molar-refractivity contribution in [2.24, 2.45) is 5.92 Å². The molecule has 5 nitrogen and oxygen atoms in total. The maximum Gasteiger partial charge on any atom is 0.111 e. The van der Waals surface area contributed by atoms with E-state index in [9.17, 15) is 10.2 Å². The van der Waals surface area contributed by atoms with Gasteiger partial charge in [0.2, 0.25) is 0 Å². The minimum absolute atomic E-state index is 0.640. The number of aliphatic hydroxyl groups is 5. The molecule has 1 aliphatic rings. The van der Waals surface area contributed by atoms with Crippen molar-refractivity contribution in [3.05, 3.63) is 0 Å². The summed E-state index contributed by atoms with van der Waals surface area (Å²) in [6.07, 6.45) is -6.65.